The summed E-state index contributed by atoms with van der Waals surface area (Å²) in [5.41, 5.74) is 0. The first-order valence-corrected chi connectivity index (χ1v) is 2.65. The van der Waals surface area contributed by atoms with E-state index < -0.39 is 0 Å². The van der Waals surface area contributed by atoms with Gasteiger partial charge in [0, 0.05) is 13.1 Å². The van der Waals surface area contributed by atoms with E-state index in [9.17, 15) is 0 Å². The number of hydrogen-bond acceptors (Lipinski definition) is 5. The molecule has 56 valence electrons. The molecule has 9 heavy (non-hydrogen) atoms. The fraction of sp³-hybridized carbons (Fsp3) is 1.00. The summed E-state index contributed by atoms with van der Waals surface area (Å²) in [6.45, 7) is 1.57. The molecule has 5 nitrogen and oxygen atoms in total. The quantitative estimate of drug-likeness (QED) is 0.263. The first kappa shape index (κ1) is 8.80. The van der Waals surface area contributed by atoms with E-state index in [2.05, 4.69) is 15.1 Å². The Balaban J connectivity index is 2.60. The summed E-state index contributed by atoms with van der Waals surface area (Å²) in [6.07, 6.45) is 0. The van der Waals surface area contributed by atoms with Crippen LogP contribution in [-0.2, 0) is 9.78 Å². The summed E-state index contributed by atoms with van der Waals surface area (Å²) in [5, 5.41) is 18.4. The van der Waals surface area contributed by atoms with Crippen LogP contribution in [0.2, 0.25) is 0 Å². The highest BCUT2D eigenvalue weighted by atomic mass is 17.1. The summed E-state index contributed by atoms with van der Waals surface area (Å²) in [4.78, 5) is 7.51. The molecule has 0 atom stereocenters. The van der Waals surface area contributed by atoms with Crippen molar-refractivity contribution in [3.63, 3.8) is 0 Å². The summed E-state index contributed by atoms with van der Waals surface area (Å²) in [6, 6.07) is 0. The van der Waals surface area contributed by atoms with E-state index in [-0.39, 0.29) is 13.2 Å². The van der Waals surface area contributed by atoms with Gasteiger partial charge in [-0.05, 0) is 0 Å². The van der Waals surface area contributed by atoms with Crippen molar-refractivity contribution in [1.29, 1.82) is 0 Å². The fourth-order valence-electron chi connectivity index (χ4n) is 0.361. The minimum absolute atomic E-state index is 0.241. The number of nitrogens with one attached hydrogen (secondary N) is 1. The summed E-state index contributed by atoms with van der Waals surface area (Å²) < 4.78 is 0. The van der Waals surface area contributed by atoms with E-state index in [1.165, 1.54) is 0 Å². The molecule has 0 aliphatic rings. The third-order valence-corrected chi connectivity index (χ3v) is 0.740. The molecule has 0 aromatic heterocycles. The van der Waals surface area contributed by atoms with E-state index in [4.69, 9.17) is 10.5 Å². The lowest BCUT2D eigenvalue weighted by molar-refractivity contribution is -0.244. The lowest BCUT2D eigenvalue weighted by atomic mass is 10.6. The molecule has 0 fully saturated rings. The first-order chi connectivity index (χ1) is 4.41. The van der Waals surface area contributed by atoms with Crippen LogP contribution >= 0.6 is 0 Å². The van der Waals surface area contributed by atoms with Crippen LogP contribution in [0.25, 0.3) is 0 Å². The molecule has 0 bridgehead atoms. The largest absolute Gasteiger partial charge is 0.312 e. The van der Waals surface area contributed by atoms with Crippen molar-refractivity contribution in [2.24, 2.45) is 0 Å². The maximum Gasteiger partial charge on any atom is 0.0944 e. The molecule has 0 spiro atoms. The first-order valence-electron chi connectivity index (χ1n) is 2.65. The maximum atomic E-state index is 7.80. The average Bonchev–Trinajstić information content (AvgIpc) is 1.89. The van der Waals surface area contributed by atoms with E-state index in [1.54, 1.807) is 0 Å². The van der Waals surface area contributed by atoms with Gasteiger partial charge >= 0.3 is 0 Å². The molecule has 0 radical (unpaired) electrons. The third-order valence-electron chi connectivity index (χ3n) is 0.740. The van der Waals surface area contributed by atoms with Crippen LogP contribution in [0.4, 0.5) is 0 Å². The standard InChI is InChI=1S/C4H11NO4/c6-8-3-1-5-2-4-9-7/h5-7H,1-4H2. The van der Waals surface area contributed by atoms with Gasteiger partial charge in [0.05, 0.1) is 13.2 Å². The molecule has 0 amide bonds. The fourth-order valence-corrected chi connectivity index (χ4v) is 0.361. The van der Waals surface area contributed by atoms with Gasteiger partial charge in [0.15, 0.2) is 0 Å². The minimum atomic E-state index is 0.241. The summed E-state index contributed by atoms with van der Waals surface area (Å²) in [5.74, 6) is 0. The number of rotatable bonds is 6. The van der Waals surface area contributed by atoms with Crippen LogP contribution in [0.1, 0.15) is 0 Å². The summed E-state index contributed by atoms with van der Waals surface area (Å²) >= 11 is 0. The van der Waals surface area contributed by atoms with Crippen LogP contribution in [0.15, 0.2) is 0 Å². The highest BCUT2D eigenvalue weighted by Gasteiger charge is 1.85. The van der Waals surface area contributed by atoms with Crippen LogP contribution in [-0.4, -0.2) is 36.8 Å². The molecule has 0 heterocycles. The lowest BCUT2D eigenvalue weighted by Gasteiger charge is -1.99. The lowest BCUT2D eigenvalue weighted by Crippen LogP contribution is -2.23. The monoisotopic (exact) mass is 137 g/mol. The molecular weight excluding hydrogens is 126 g/mol. The Morgan fingerprint density at radius 1 is 1.00 bits per heavy atom. The molecule has 0 aliphatic heterocycles. The maximum absolute atomic E-state index is 7.80. The number of hydrogen-bond donors (Lipinski definition) is 3. The van der Waals surface area contributed by atoms with Crippen molar-refractivity contribution < 1.29 is 20.3 Å². The molecule has 0 saturated carbocycles. The van der Waals surface area contributed by atoms with Gasteiger partial charge in [-0.15, -0.1) is 0 Å². The highest BCUT2D eigenvalue weighted by molar-refractivity contribution is 4.41. The van der Waals surface area contributed by atoms with Crippen molar-refractivity contribution in [2.75, 3.05) is 26.3 Å². The Hall–Kier alpha value is -0.200. The predicted octanol–water partition coefficient (Wildman–Crippen LogP) is -0.445. The van der Waals surface area contributed by atoms with Crippen LogP contribution in [0.3, 0.4) is 0 Å². The van der Waals surface area contributed by atoms with Crippen molar-refractivity contribution in [1.82, 2.24) is 5.32 Å². The van der Waals surface area contributed by atoms with Gasteiger partial charge in [-0.1, -0.05) is 0 Å². The predicted molar refractivity (Wildman–Crippen MR) is 30.0 cm³/mol. The minimum Gasteiger partial charge on any atom is -0.312 e. The van der Waals surface area contributed by atoms with Gasteiger partial charge in [0.2, 0.25) is 0 Å². The molecule has 5 heteroatoms. The van der Waals surface area contributed by atoms with Crippen molar-refractivity contribution >= 4 is 0 Å². The van der Waals surface area contributed by atoms with E-state index >= 15 is 0 Å². The Kier molecular flexibility index (Phi) is 7.63. The van der Waals surface area contributed by atoms with Gasteiger partial charge in [0.1, 0.15) is 0 Å². The molecule has 0 aromatic carbocycles. The van der Waals surface area contributed by atoms with Gasteiger partial charge < -0.3 is 5.32 Å². The SMILES string of the molecule is OOCCNCCOO. The second kappa shape index (κ2) is 7.80. The van der Waals surface area contributed by atoms with Gasteiger partial charge in [-0.25, -0.2) is 9.78 Å². The molecule has 0 rings (SSSR count). The average molecular weight is 137 g/mol. The van der Waals surface area contributed by atoms with Crippen LogP contribution in [0, 0.1) is 0 Å². The zero-order valence-electron chi connectivity index (χ0n) is 5.04. The second-order valence-electron chi connectivity index (χ2n) is 1.42. The van der Waals surface area contributed by atoms with Crippen LogP contribution < -0.4 is 5.32 Å². The Morgan fingerprint density at radius 2 is 1.44 bits per heavy atom. The van der Waals surface area contributed by atoms with Crippen molar-refractivity contribution in [3.05, 3.63) is 0 Å². The topological polar surface area (TPSA) is 71.0 Å². The zero-order chi connectivity index (χ0) is 6.95. The molecule has 3 N–H and O–H groups in total. The third kappa shape index (κ3) is 7.80. The Morgan fingerprint density at radius 3 is 1.78 bits per heavy atom. The van der Waals surface area contributed by atoms with E-state index in [0.717, 1.165) is 0 Å². The van der Waals surface area contributed by atoms with Gasteiger partial charge in [0.25, 0.3) is 0 Å². The smallest absolute Gasteiger partial charge is 0.0944 e. The van der Waals surface area contributed by atoms with Crippen molar-refractivity contribution in [2.45, 2.75) is 0 Å². The zero-order valence-corrected chi connectivity index (χ0v) is 5.04. The van der Waals surface area contributed by atoms with Gasteiger partial charge in [-0.2, -0.15) is 0 Å². The van der Waals surface area contributed by atoms with E-state index in [1.807, 2.05) is 0 Å². The highest BCUT2D eigenvalue weighted by Crippen LogP contribution is 1.65. The second-order valence-corrected chi connectivity index (χ2v) is 1.42. The summed E-state index contributed by atoms with van der Waals surface area (Å²) in [7, 11) is 0. The van der Waals surface area contributed by atoms with Crippen molar-refractivity contribution in [3.8, 4) is 0 Å². The molecule has 0 unspecified atom stereocenters. The molecule has 0 saturated heterocycles. The van der Waals surface area contributed by atoms with Crippen LogP contribution in [0.5, 0.6) is 0 Å². The molecular formula is C4H11NO4. The molecule has 0 aliphatic carbocycles. The Labute approximate surface area is 53.1 Å². The molecule has 0 aromatic rings. The Bertz CT molecular complexity index is 45.8. The normalized spacial score (nSPS) is 10.0. The van der Waals surface area contributed by atoms with Gasteiger partial charge in [-0.3, -0.25) is 10.5 Å². The van der Waals surface area contributed by atoms with E-state index in [0.29, 0.717) is 13.1 Å².